The topological polar surface area (TPSA) is 66.8 Å². The summed E-state index contributed by atoms with van der Waals surface area (Å²) in [7, 11) is 0. The summed E-state index contributed by atoms with van der Waals surface area (Å²) in [4.78, 5) is 24.3. The van der Waals surface area contributed by atoms with E-state index < -0.39 is 36.4 Å². The van der Waals surface area contributed by atoms with Gasteiger partial charge in [0.25, 0.3) is 5.91 Å². The lowest BCUT2D eigenvalue weighted by Crippen LogP contribution is -2.47. The van der Waals surface area contributed by atoms with Gasteiger partial charge in [0.2, 0.25) is 0 Å². The SMILES string of the molecule is CCOc1ccc(C(=O)N2CCC(C(=O)O)(C(F)(F)F)C2)cc1. The van der Waals surface area contributed by atoms with E-state index in [0.717, 1.165) is 4.90 Å². The van der Waals surface area contributed by atoms with Crippen molar-refractivity contribution in [2.75, 3.05) is 19.7 Å². The highest BCUT2D eigenvalue weighted by atomic mass is 19.4. The average Bonchev–Trinajstić information content (AvgIpc) is 2.94. The lowest BCUT2D eigenvalue weighted by Gasteiger charge is -2.27. The molecule has 1 N–H and O–H groups in total. The number of amides is 1. The van der Waals surface area contributed by atoms with Gasteiger partial charge in [-0.3, -0.25) is 9.59 Å². The molecule has 0 aliphatic carbocycles. The van der Waals surface area contributed by atoms with Crippen LogP contribution in [0.4, 0.5) is 13.2 Å². The molecule has 126 valence electrons. The smallest absolute Gasteiger partial charge is 0.406 e. The molecule has 1 heterocycles. The van der Waals surface area contributed by atoms with E-state index in [-0.39, 0.29) is 12.1 Å². The Hall–Kier alpha value is -2.25. The first-order valence-electron chi connectivity index (χ1n) is 7.03. The number of rotatable bonds is 4. The van der Waals surface area contributed by atoms with Crippen LogP contribution >= 0.6 is 0 Å². The molecule has 5 nitrogen and oxygen atoms in total. The van der Waals surface area contributed by atoms with E-state index in [0.29, 0.717) is 12.4 Å². The van der Waals surface area contributed by atoms with Gasteiger partial charge in [0.05, 0.1) is 6.61 Å². The van der Waals surface area contributed by atoms with E-state index in [9.17, 15) is 22.8 Å². The number of halogens is 3. The molecule has 0 radical (unpaired) electrons. The van der Waals surface area contributed by atoms with E-state index in [1.54, 1.807) is 19.1 Å². The molecule has 1 fully saturated rings. The number of hydrogen-bond acceptors (Lipinski definition) is 3. The van der Waals surface area contributed by atoms with Crippen LogP contribution in [-0.2, 0) is 4.79 Å². The molecule has 1 aromatic rings. The number of hydrogen-bond donors (Lipinski definition) is 1. The van der Waals surface area contributed by atoms with Gasteiger partial charge in [-0.05, 0) is 37.6 Å². The molecule has 1 aromatic carbocycles. The zero-order valence-corrected chi connectivity index (χ0v) is 12.4. The first kappa shape index (κ1) is 17.1. The fourth-order valence-electron chi connectivity index (χ4n) is 2.55. The predicted molar refractivity (Wildman–Crippen MR) is 74.3 cm³/mol. The highest BCUT2D eigenvalue weighted by Crippen LogP contribution is 2.46. The number of alkyl halides is 3. The van der Waals surface area contributed by atoms with Gasteiger partial charge in [0.1, 0.15) is 5.75 Å². The molecule has 8 heteroatoms. The molecule has 1 atom stereocenters. The van der Waals surface area contributed by atoms with Crippen LogP contribution in [0.15, 0.2) is 24.3 Å². The molecule has 0 bridgehead atoms. The Kier molecular flexibility index (Phi) is 4.53. The maximum absolute atomic E-state index is 13.1. The van der Waals surface area contributed by atoms with E-state index in [1.165, 1.54) is 12.1 Å². The molecule has 1 unspecified atom stereocenters. The summed E-state index contributed by atoms with van der Waals surface area (Å²) < 4.78 is 44.5. The summed E-state index contributed by atoms with van der Waals surface area (Å²) in [5.41, 5.74) is -2.70. The summed E-state index contributed by atoms with van der Waals surface area (Å²) in [6.07, 6.45) is -5.55. The number of nitrogens with zero attached hydrogens (tertiary/aromatic N) is 1. The molecular formula is C15H16F3NO4. The molecule has 1 saturated heterocycles. The molecule has 1 aliphatic rings. The highest BCUT2D eigenvalue weighted by molar-refractivity contribution is 5.95. The maximum atomic E-state index is 13.1. The van der Waals surface area contributed by atoms with Gasteiger partial charge in [-0.15, -0.1) is 0 Å². The number of benzene rings is 1. The molecule has 0 aromatic heterocycles. The van der Waals surface area contributed by atoms with Crippen molar-refractivity contribution in [3.8, 4) is 5.75 Å². The number of carboxylic acids is 1. The number of aliphatic carboxylic acids is 1. The molecule has 1 aliphatic heterocycles. The number of carbonyl (C=O) groups excluding carboxylic acids is 1. The van der Waals surface area contributed by atoms with Gasteiger partial charge in [0.15, 0.2) is 5.41 Å². The third-order valence-corrected chi connectivity index (χ3v) is 3.92. The second kappa shape index (κ2) is 6.10. The number of ether oxygens (including phenoxy) is 1. The van der Waals surface area contributed by atoms with Crippen LogP contribution in [0.3, 0.4) is 0 Å². The van der Waals surface area contributed by atoms with E-state index in [1.807, 2.05) is 0 Å². The first-order chi connectivity index (χ1) is 10.7. The van der Waals surface area contributed by atoms with Crippen LogP contribution in [0, 0.1) is 5.41 Å². The fraction of sp³-hybridized carbons (Fsp3) is 0.467. The van der Waals surface area contributed by atoms with Crippen LogP contribution in [0.1, 0.15) is 23.7 Å². The summed E-state index contributed by atoms with van der Waals surface area (Å²) >= 11 is 0. The third kappa shape index (κ3) is 3.11. The van der Waals surface area contributed by atoms with Crippen LogP contribution in [0.25, 0.3) is 0 Å². The molecule has 1 amide bonds. The van der Waals surface area contributed by atoms with Crippen molar-refractivity contribution < 1.29 is 32.6 Å². The molecule has 0 spiro atoms. The van der Waals surface area contributed by atoms with Gasteiger partial charge in [-0.2, -0.15) is 13.2 Å². The Morgan fingerprint density at radius 2 is 1.91 bits per heavy atom. The van der Waals surface area contributed by atoms with Gasteiger partial charge in [-0.25, -0.2) is 0 Å². The van der Waals surface area contributed by atoms with Crippen LogP contribution in [-0.4, -0.2) is 47.8 Å². The maximum Gasteiger partial charge on any atom is 0.406 e. The van der Waals surface area contributed by atoms with Gasteiger partial charge >= 0.3 is 12.1 Å². The monoisotopic (exact) mass is 331 g/mol. The minimum atomic E-state index is -4.91. The first-order valence-corrected chi connectivity index (χ1v) is 7.03. The summed E-state index contributed by atoms with van der Waals surface area (Å²) in [6.45, 7) is 1.12. The molecule has 23 heavy (non-hydrogen) atoms. The van der Waals surface area contributed by atoms with Gasteiger partial charge in [-0.1, -0.05) is 0 Å². The number of likely N-dealkylation sites (tertiary alicyclic amines) is 1. The predicted octanol–water partition coefficient (Wildman–Crippen LogP) is 2.56. The van der Waals surface area contributed by atoms with E-state index in [4.69, 9.17) is 9.84 Å². The van der Waals surface area contributed by atoms with Crippen molar-refractivity contribution >= 4 is 11.9 Å². The van der Waals surface area contributed by atoms with Crippen LogP contribution in [0.2, 0.25) is 0 Å². The summed E-state index contributed by atoms with van der Waals surface area (Å²) in [5, 5.41) is 8.99. The number of carboxylic acid groups (broad SMARTS) is 1. The lowest BCUT2D eigenvalue weighted by atomic mass is 9.86. The van der Waals surface area contributed by atoms with E-state index >= 15 is 0 Å². The Bertz CT molecular complexity index is 600. The van der Waals surface area contributed by atoms with Crippen molar-refractivity contribution in [2.45, 2.75) is 19.5 Å². The molecule has 0 saturated carbocycles. The Balaban J connectivity index is 2.17. The van der Waals surface area contributed by atoms with E-state index in [2.05, 4.69) is 0 Å². The van der Waals surface area contributed by atoms with Crippen molar-refractivity contribution in [3.05, 3.63) is 29.8 Å². The van der Waals surface area contributed by atoms with Crippen LogP contribution < -0.4 is 4.74 Å². The molecular weight excluding hydrogens is 315 g/mol. The third-order valence-electron chi connectivity index (χ3n) is 3.92. The zero-order valence-electron chi connectivity index (χ0n) is 12.4. The highest BCUT2D eigenvalue weighted by Gasteiger charge is 2.64. The number of carbonyl (C=O) groups is 2. The molecule has 2 rings (SSSR count). The zero-order chi connectivity index (χ0) is 17.3. The largest absolute Gasteiger partial charge is 0.494 e. The Morgan fingerprint density at radius 3 is 2.35 bits per heavy atom. The van der Waals surface area contributed by atoms with Crippen molar-refractivity contribution in [3.63, 3.8) is 0 Å². The minimum Gasteiger partial charge on any atom is -0.494 e. The second-order valence-corrected chi connectivity index (χ2v) is 5.32. The van der Waals surface area contributed by atoms with Crippen LogP contribution in [0.5, 0.6) is 5.75 Å². The van der Waals surface area contributed by atoms with Crippen molar-refractivity contribution in [1.29, 1.82) is 0 Å². The minimum absolute atomic E-state index is 0.191. The normalized spacial score (nSPS) is 21.3. The summed E-state index contributed by atoms with van der Waals surface area (Å²) in [5.74, 6) is -2.03. The summed E-state index contributed by atoms with van der Waals surface area (Å²) in [6, 6.07) is 5.98. The van der Waals surface area contributed by atoms with Crippen molar-refractivity contribution in [1.82, 2.24) is 4.90 Å². The average molecular weight is 331 g/mol. The quantitative estimate of drug-likeness (QED) is 0.921. The Labute approximate surface area is 130 Å². The fourth-order valence-corrected chi connectivity index (χ4v) is 2.55. The van der Waals surface area contributed by atoms with Gasteiger partial charge in [0, 0.05) is 18.7 Å². The van der Waals surface area contributed by atoms with Gasteiger partial charge < -0.3 is 14.7 Å². The Morgan fingerprint density at radius 1 is 1.30 bits per heavy atom. The standard InChI is InChI=1S/C15H16F3NO4/c1-2-23-11-5-3-10(4-6-11)12(20)19-8-7-14(9-19,13(21)22)15(16,17)18/h3-6H,2,7-9H2,1H3,(H,21,22). The van der Waals surface area contributed by atoms with Crippen molar-refractivity contribution in [2.24, 2.45) is 5.41 Å². The second-order valence-electron chi connectivity index (χ2n) is 5.32. The lowest BCUT2D eigenvalue weighted by molar-refractivity contribution is -0.227.